The summed E-state index contributed by atoms with van der Waals surface area (Å²) < 4.78 is 0. The first-order valence-corrected chi connectivity index (χ1v) is 32.3. The quantitative estimate of drug-likeness (QED) is 0.124. The zero-order valence-electron chi connectivity index (χ0n) is 44.3. The van der Waals surface area contributed by atoms with Crippen molar-refractivity contribution in [3.8, 4) is 11.3 Å². The second-order valence-corrected chi connectivity index (χ2v) is 28.5. The molecule has 1 aromatic heterocycles. The Bertz CT molecular complexity index is 2990. The van der Waals surface area contributed by atoms with Crippen LogP contribution < -0.4 is 31.8 Å². The van der Waals surface area contributed by atoms with Crippen LogP contribution in [0.4, 0.5) is 0 Å². The van der Waals surface area contributed by atoms with Crippen LogP contribution in [-0.2, 0) is 0 Å². The van der Waals surface area contributed by atoms with E-state index in [0.29, 0.717) is 7.92 Å². The lowest BCUT2D eigenvalue weighted by Crippen LogP contribution is -2.28. The monoisotopic (exact) mass is 1020 g/mol. The van der Waals surface area contributed by atoms with Gasteiger partial charge in [-0.15, -0.1) is 0 Å². The van der Waals surface area contributed by atoms with Gasteiger partial charge in [0.05, 0.1) is 5.69 Å². The summed E-state index contributed by atoms with van der Waals surface area (Å²) in [5.74, 6) is 0. The number of hydrogen-bond donors (Lipinski definition) is 0. The number of hydrogen-bond acceptors (Lipinski definition) is 1. The van der Waals surface area contributed by atoms with Crippen molar-refractivity contribution in [3.05, 3.63) is 223 Å². The van der Waals surface area contributed by atoms with Gasteiger partial charge in [0.2, 0.25) is 0 Å². The van der Waals surface area contributed by atoms with Crippen LogP contribution in [0.25, 0.3) is 32.8 Å². The molecule has 8 aromatic carbocycles. The molecule has 1 nitrogen and oxygen atoms in total. The molecule has 0 radical (unpaired) electrons. The fourth-order valence-corrected chi connectivity index (χ4v) is 22.4. The summed E-state index contributed by atoms with van der Waals surface area (Å²) in [7, 11) is -0.883. The highest BCUT2D eigenvalue weighted by Gasteiger charge is 2.36. The summed E-state index contributed by atoms with van der Waals surface area (Å²) in [4.78, 5) is 4.97. The summed E-state index contributed by atoms with van der Waals surface area (Å²) in [6, 6.07) is 72.1. The summed E-state index contributed by atoms with van der Waals surface area (Å²) in [6.07, 6.45) is 25.6. The first-order valence-electron chi connectivity index (χ1n) is 28.0. The molecular formula is C70H76NP3. The Morgan fingerprint density at radius 2 is 0.703 bits per heavy atom. The minimum Gasteiger partial charge on any atom is -0.256 e. The minimum atomic E-state index is -0.759. The van der Waals surface area contributed by atoms with E-state index in [1.54, 1.807) is 77.0 Å². The third-order valence-corrected chi connectivity index (χ3v) is 25.7. The topological polar surface area (TPSA) is 12.9 Å². The van der Waals surface area contributed by atoms with Gasteiger partial charge in [0, 0.05) is 17.1 Å². The summed E-state index contributed by atoms with van der Waals surface area (Å²) >= 11 is 0. The Hall–Kier alpha value is -5.28. The molecular weight excluding hydrogens is 948 g/mol. The van der Waals surface area contributed by atoms with Gasteiger partial charge in [-0.1, -0.05) is 260 Å². The lowest BCUT2D eigenvalue weighted by Gasteiger charge is -2.44. The zero-order valence-corrected chi connectivity index (χ0v) is 46.9. The predicted octanol–water partition coefficient (Wildman–Crippen LogP) is 17.6. The van der Waals surface area contributed by atoms with Gasteiger partial charge in [-0.3, -0.25) is 4.98 Å². The average molecular weight is 1020 g/mol. The van der Waals surface area contributed by atoms with Gasteiger partial charge in [0.25, 0.3) is 0 Å². The van der Waals surface area contributed by atoms with Crippen LogP contribution in [0.5, 0.6) is 0 Å². The lowest BCUT2D eigenvalue weighted by atomic mass is 9.98. The lowest BCUT2D eigenvalue weighted by molar-refractivity contribution is 0.460. The first-order chi connectivity index (χ1) is 36.5. The molecule has 74 heavy (non-hydrogen) atoms. The Morgan fingerprint density at radius 3 is 1.15 bits per heavy atom. The van der Waals surface area contributed by atoms with Crippen LogP contribution in [0.3, 0.4) is 0 Å². The van der Waals surface area contributed by atoms with Gasteiger partial charge < -0.3 is 0 Å². The number of rotatable bonds is 10. The second-order valence-electron chi connectivity index (χ2n) is 21.1. The molecule has 0 amide bonds. The number of fused-ring (bicyclic) bond motifs is 2. The van der Waals surface area contributed by atoms with Crippen LogP contribution in [0.2, 0.25) is 0 Å². The Balaban J connectivity index is 0.000000134. The van der Waals surface area contributed by atoms with E-state index in [9.17, 15) is 0 Å². The zero-order chi connectivity index (χ0) is 50.5. The molecule has 1 heterocycles. The van der Waals surface area contributed by atoms with E-state index in [0.717, 1.165) is 5.69 Å². The van der Waals surface area contributed by atoms with Crippen molar-refractivity contribution >= 4 is 77.1 Å². The van der Waals surface area contributed by atoms with Crippen molar-refractivity contribution in [2.75, 3.05) is 0 Å². The smallest absolute Gasteiger partial charge is 0.0793 e. The molecule has 4 heteroatoms. The molecule has 3 fully saturated rings. The summed E-state index contributed by atoms with van der Waals surface area (Å²) in [6.45, 7) is 6.67. The van der Waals surface area contributed by atoms with Crippen molar-refractivity contribution in [3.63, 3.8) is 0 Å². The van der Waals surface area contributed by atoms with Crippen LogP contribution >= 0.6 is 23.8 Å². The maximum Gasteiger partial charge on any atom is 0.0793 e. The third kappa shape index (κ3) is 12.4. The minimum absolute atomic E-state index is 0.385. The Labute approximate surface area is 448 Å². The van der Waals surface area contributed by atoms with Gasteiger partial charge in [-0.05, 0) is 163 Å². The van der Waals surface area contributed by atoms with Crippen LogP contribution in [-0.4, -0.2) is 22.0 Å². The van der Waals surface area contributed by atoms with Gasteiger partial charge in [0.15, 0.2) is 0 Å². The largest absolute Gasteiger partial charge is 0.256 e. The molecule has 0 atom stereocenters. The molecule has 376 valence electrons. The summed E-state index contributed by atoms with van der Waals surface area (Å²) in [5, 5.41) is 13.3. The maximum absolute atomic E-state index is 4.97. The molecule has 9 aromatic rings. The van der Waals surface area contributed by atoms with Crippen LogP contribution in [0, 0.1) is 20.8 Å². The highest BCUT2D eigenvalue weighted by atomic mass is 31.1. The fraction of sp³-hybridized carbons (Fsp3) is 0.300. The van der Waals surface area contributed by atoms with Crippen molar-refractivity contribution in [1.82, 2.24) is 4.98 Å². The van der Waals surface area contributed by atoms with E-state index < -0.39 is 15.8 Å². The molecule has 12 rings (SSSR count). The first kappa shape index (κ1) is 52.2. The normalized spacial score (nSPS) is 15.7. The molecule has 3 saturated carbocycles. The van der Waals surface area contributed by atoms with Crippen LogP contribution in [0.1, 0.15) is 113 Å². The van der Waals surface area contributed by atoms with Crippen molar-refractivity contribution in [2.24, 2.45) is 0 Å². The molecule has 0 aliphatic heterocycles. The molecule has 0 N–H and O–H groups in total. The number of aryl methyl sites for hydroxylation is 3. The number of benzene rings is 8. The molecule has 0 bridgehead atoms. The van der Waals surface area contributed by atoms with Gasteiger partial charge in [0.1, 0.15) is 0 Å². The van der Waals surface area contributed by atoms with Gasteiger partial charge in [-0.25, -0.2) is 0 Å². The van der Waals surface area contributed by atoms with Gasteiger partial charge in [-0.2, -0.15) is 0 Å². The maximum atomic E-state index is 4.97. The predicted molar refractivity (Wildman–Crippen MR) is 330 cm³/mol. The molecule has 3 aliphatic carbocycles. The van der Waals surface area contributed by atoms with E-state index in [1.165, 1.54) is 112 Å². The van der Waals surface area contributed by atoms with Crippen LogP contribution in [0.15, 0.2) is 206 Å². The third-order valence-electron chi connectivity index (χ3n) is 16.1. The standard InChI is InChI=1S/C31H22NP.C21H21P.C18H33P/c1-3-13-25(14-4-1)33(26-15-5-2-6-16-26)29-20-19-23-11-7-9-17-27(23)30(29)31-28-18-10-8-12-24(28)21-22-32-31;1-16-10-4-7-13-19(16)22(20-14-8-5-11-17(20)2)21-15-9-6-12-18(21)3;1-4-10-16(11-5-1)19(17-12-6-2-7-13-17)18-14-8-3-9-15-18/h1-22H;4-15H,1-3H3;16-18H,1-15H2. The highest BCUT2D eigenvalue weighted by Crippen LogP contribution is 2.61. The van der Waals surface area contributed by atoms with Crippen molar-refractivity contribution < 1.29 is 0 Å². The molecule has 0 unspecified atom stereocenters. The number of aromatic nitrogens is 1. The van der Waals surface area contributed by atoms with E-state index >= 15 is 0 Å². The summed E-state index contributed by atoms with van der Waals surface area (Å²) in [5.41, 5.74) is 9.99. The Kier molecular flexibility index (Phi) is 18.3. The number of pyridine rings is 1. The van der Waals surface area contributed by atoms with E-state index in [1.807, 2.05) is 6.20 Å². The van der Waals surface area contributed by atoms with E-state index in [4.69, 9.17) is 4.98 Å². The second kappa shape index (κ2) is 26.0. The molecule has 0 spiro atoms. The van der Waals surface area contributed by atoms with Gasteiger partial charge >= 0.3 is 0 Å². The van der Waals surface area contributed by atoms with E-state index in [-0.39, 0.29) is 0 Å². The highest BCUT2D eigenvalue weighted by molar-refractivity contribution is 7.80. The Morgan fingerprint density at radius 1 is 0.324 bits per heavy atom. The number of nitrogens with zero attached hydrogens (tertiary/aromatic N) is 1. The molecule has 3 aliphatic rings. The average Bonchev–Trinajstić information content (AvgIpc) is 3.46. The van der Waals surface area contributed by atoms with Crippen molar-refractivity contribution in [1.29, 1.82) is 0 Å². The molecule has 0 saturated heterocycles. The fourth-order valence-electron chi connectivity index (χ4n) is 12.5. The van der Waals surface area contributed by atoms with E-state index in [2.05, 4.69) is 221 Å². The van der Waals surface area contributed by atoms with Crippen molar-refractivity contribution in [2.45, 2.75) is 134 Å². The SMILES string of the molecule is C1CCC(P(C2CCCCC2)C2CCCCC2)CC1.Cc1ccccc1P(c1ccccc1C)c1ccccc1C.c1ccc(P(c2ccccc2)c2ccc3ccccc3c2-c2nccc3ccccc23)cc1.